The molecular weight excluding hydrogens is 292 g/mol. The van der Waals surface area contributed by atoms with Gasteiger partial charge in [0.2, 0.25) is 0 Å². The minimum Gasteiger partial charge on any atom is -0.465 e. The second-order valence-corrected chi connectivity index (χ2v) is 5.97. The van der Waals surface area contributed by atoms with Crippen LogP contribution in [0.5, 0.6) is 0 Å². The van der Waals surface area contributed by atoms with Crippen LogP contribution in [-0.4, -0.2) is 18.0 Å². The van der Waals surface area contributed by atoms with Gasteiger partial charge >= 0.3 is 5.97 Å². The molecule has 1 atom stereocenters. The van der Waals surface area contributed by atoms with Gasteiger partial charge in [0.15, 0.2) is 0 Å². The molecule has 0 spiro atoms. The standard InChI is InChI=1S/C10H13ClO2S.C6H4/c1-2-13-10(12)9(11)6-5-8-4-3-7-14-8;1-2-6-4-3-5(1)6/h3-4,7,9H,2,5-6H2,1H3;1-4H. The largest absolute Gasteiger partial charge is 0.465 e. The molecule has 1 unspecified atom stereocenters. The first-order valence-corrected chi connectivity index (χ1v) is 7.96. The van der Waals surface area contributed by atoms with Crippen molar-refractivity contribution in [1.29, 1.82) is 0 Å². The minimum atomic E-state index is -0.517. The van der Waals surface area contributed by atoms with Gasteiger partial charge < -0.3 is 4.74 Å². The number of esters is 1. The molecule has 0 saturated carbocycles. The summed E-state index contributed by atoms with van der Waals surface area (Å²) in [6, 6.07) is 12.5. The zero-order valence-electron chi connectivity index (χ0n) is 11.3. The first kappa shape index (κ1) is 15.1. The monoisotopic (exact) mass is 308 g/mol. The van der Waals surface area contributed by atoms with Gasteiger partial charge in [-0.2, -0.15) is 0 Å². The van der Waals surface area contributed by atoms with E-state index in [1.165, 1.54) is 16.0 Å². The smallest absolute Gasteiger partial charge is 0.324 e. The third-order valence-electron chi connectivity index (χ3n) is 2.98. The van der Waals surface area contributed by atoms with Crippen LogP contribution in [0.3, 0.4) is 0 Å². The molecule has 2 aliphatic carbocycles. The zero-order valence-corrected chi connectivity index (χ0v) is 12.9. The molecule has 1 aromatic rings. The Morgan fingerprint density at radius 1 is 1.25 bits per heavy atom. The van der Waals surface area contributed by atoms with Gasteiger partial charge in [-0.05, 0) is 42.3 Å². The Morgan fingerprint density at radius 3 is 2.30 bits per heavy atom. The number of aryl methyl sites for hydroxylation is 1. The Hall–Kier alpha value is -1.32. The summed E-state index contributed by atoms with van der Waals surface area (Å²) in [7, 11) is 0. The highest BCUT2D eigenvalue weighted by atomic mass is 35.5. The number of carbonyl (C=O) groups excluding carboxylic acids is 1. The van der Waals surface area contributed by atoms with Crippen molar-refractivity contribution < 1.29 is 9.53 Å². The molecule has 0 saturated heterocycles. The van der Waals surface area contributed by atoms with Crippen LogP contribution < -0.4 is 0 Å². The number of halogens is 1. The molecule has 3 rings (SSSR count). The summed E-state index contributed by atoms with van der Waals surface area (Å²) in [5, 5.41) is 1.50. The molecule has 0 fully saturated rings. The number of benzene rings is 1. The molecular formula is C16H17ClO2S. The number of ether oxygens (including phenoxy) is 1. The highest BCUT2D eigenvalue weighted by Crippen LogP contribution is 2.29. The number of carbonyl (C=O) groups is 1. The van der Waals surface area contributed by atoms with E-state index in [4.69, 9.17) is 16.3 Å². The fourth-order valence-corrected chi connectivity index (χ4v) is 2.63. The van der Waals surface area contributed by atoms with Crippen LogP contribution in [0.25, 0.3) is 11.1 Å². The van der Waals surface area contributed by atoms with E-state index < -0.39 is 5.38 Å². The molecule has 106 valence electrons. The van der Waals surface area contributed by atoms with Crippen molar-refractivity contribution in [2.24, 2.45) is 0 Å². The number of hydrogen-bond donors (Lipinski definition) is 0. The third-order valence-corrected chi connectivity index (χ3v) is 4.32. The highest BCUT2D eigenvalue weighted by Gasteiger charge is 2.16. The summed E-state index contributed by atoms with van der Waals surface area (Å²) in [5.74, 6) is -0.314. The van der Waals surface area contributed by atoms with Crippen LogP contribution in [0, 0.1) is 0 Å². The average molecular weight is 309 g/mol. The van der Waals surface area contributed by atoms with Crippen molar-refractivity contribution in [3.63, 3.8) is 0 Å². The normalized spacial score (nSPS) is 12.1. The fraction of sp³-hybridized carbons (Fsp3) is 0.312. The highest BCUT2D eigenvalue weighted by molar-refractivity contribution is 7.09. The van der Waals surface area contributed by atoms with E-state index in [9.17, 15) is 4.79 Å². The number of rotatable bonds is 5. The maximum atomic E-state index is 11.2. The Balaban J connectivity index is 0.000000198. The van der Waals surface area contributed by atoms with Gasteiger partial charge in [0, 0.05) is 4.88 Å². The maximum Gasteiger partial charge on any atom is 0.324 e. The van der Waals surface area contributed by atoms with Gasteiger partial charge in [-0.1, -0.05) is 30.3 Å². The molecule has 2 aliphatic rings. The van der Waals surface area contributed by atoms with Gasteiger partial charge in [-0.3, -0.25) is 4.79 Å². The Bertz CT molecular complexity index is 513. The summed E-state index contributed by atoms with van der Waals surface area (Å²) in [4.78, 5) is 12.4. The lowest BCUT2D eigenvalue weighted by atomic mass is 9.95. The number of fused-ring (bicyclic) bond motifs is 1. The van der Waals surface area contributed by atoms with Crippen molar-refractivity contribution in [3.8, 4) is 11.1 Å². The van der Waals surface area contributed by atoms with Crippen molar-refractivity contribution in [3.05, 3.63) is 46.7 Å². The number of hydrogen-bond acceptors (Lipinski definition) is 3. The predicted octanol–water partition coefficient (Wildman–Crippen LogP) is 4.52. The second-order valence-electron chi connectivity index (χ2n) is 4.41. The maximum absolute atomic E-state index is 11.2. The first-order chi connectivity index (χ1) is 9.70. The first-order valence-electron chi connectivity index (χ1n) is 6.64. The van der Waals surface area contributed by atoms with Crippen LogP contribution in [0.4, 0.5) is 0 Å². The SMILES string of the molecule is CCOC(=O)C(Cl)CCc1cccs1.c1cc2ccc1-2. The molecule has 0 N–H and O–H groups in total. The van der Waals surface area contributed by atoms with Crippen molar-refractivity contribution in [2.75, 3.05) is 6.61 Å². The second kappa shape index (κ2) is 7.46. The van der Waals surface area contributed by atoms with E-state index >= 15 is 0 Å². The molecule has 0 aliphatic heterocycles. The lowest BCUT2D eigenvalue weighted by molar-refractivity contribution is -0.142. The molecule has 2 nitrogen and oxygen atoms in total. The van der Waals surface area contributed by atoms with Gasteiger partial charge in [-0.15, -0.1) is 22.9 Å². The van der Waals surface area contributed by atoms with Crippen LogP contribution >= 0.6 is 22.9 Å². The molecule has 1 aromatic heterocycles. The van der Waals surface area contributed by atoms with Gasteiger partial charge in [0.1, 0.15) is 5.38 Å². The molecule has 0 bridgehead atoms. The Morgan fingerprint density at radius 2 is 1.90 bits per heavy atom. The lowest BCUT2D eigenvalue weighted by Gasteiger charge is -2.10. The lowest BCUT2D eigenvalue weighted by Crippen LogP contribution is -2.18. The van der Waals surface area contributed by atoms with Gasteiger partial charge in [0.25, 0.3) is 0 Å². The topological polar surface area (TPSA) is 26.3 Å². The van der Waals surface area contributed by atoms with E-state index in [0.717, 1.165) is 6.42 Å². The van der Waals surface area contributed by atoms with E-state index in [0.29, 0.717) is 13.0 Å². The number of alkyl halides is 1. The van der Waals surface area contributed by atoms with E-state index in [2.05, 4.69) is 24.3 Å². The molecule has 20 heavy (non-hydrogen) atoms. The summed E-state index contributed by atoms with van der Waals surface area (Å²) >= 11 is 7.54. The van der Waals surface area contributed by atoms with Crippen LogP contribution in [0.2, 0.25) is 0 Å². The fourth-order valence-electron chi connectivity index (χ4n) is 1.74. The van der Waals surface area contributed by atoms with Crippen LogP contribution in [0.1, 0.15) is 18.2 Å². The molecule has 0 aromatic carbocycles. The molecule has 4 heteroatoms. The van der Waals surface area contributed by atoms with Crippen LogP contribution in [-0.2, 0) is 16.0 Å². The summed E-state index contributed by atoms with van der Waals surface area (Å²) in [6.45, 7) is 2.17. The summed E-state index contributed by atoms with van der Waals surface area (Å²) < 4.78 is 4.81. The van der Waals surface area contributed by atoms with Crippen LogP contribution in [0.15, 0.2) is 41.8 Å². The summed E-state index contributed by atoms with van der Waals surface area (Å²) in [6.07, 6.45) is 1.48. The average Bonchev–Trinajstić information content (AvgIpc) is 2.94. The number of thiophene rings is 1. The van der Waals surface area contributed by atoms with Gasteiger partial charge in [0.05, 0.1) is 6.61 Å². The predicted molar refractivity (Wildman–Crippen MR) is 84.4 cm³/mol. The van der Waals surface area contributed by atoms with E-state index in [1.807, 2.05) is 17.5 Å². The Labute approximate surface area is 128 Å². The summed E-state index contributed by atoms with van der Waals surface area (Å²) in [5.41, 5.74) is 2.85. The minimum absolute atomic E-state index is 0.314. The third kappa shape index (κ3) is 4.09. The Kier molecular flexibility index (Phi) is 5.62. The quantitative estimate of drug-likeness (QED) is 0.512. The zero-order chi connectivity index (χ0) is 14.4. The van der Waals surface area contributed by atoms with Crippen molar-refractivity contribution in [1.82, 2.24) is 0 Å². The van der Waals surface area contributed by atoms with E-state index in [-0.39, 0.29) is 5.97 Å². The molecule has 0 amide bonds. The molecule has 0 radical (unpaired) electrons. The van der Waals surface area contributed by atoms with Gasteiger partial charge in [-0.25, -0.2) is 0 Å². The van der Waals surface area contributed by atoms with Crippen molar-refractivity contribution in [2.45, 2.75) is 25.1 Å². The van der Waals surface area contributed by atoms with Crippen molar-refractivity contribution >= 4 is 28.9 Å². The molecule has 1 heterocycles. The van der Waals surface area contributed by atoms with E-state index in [1.54, 1.807) is 18.3 Å².